The van der Waals surface area contributed by atoms with Gasteiger partial charge < -0.3 is 17.0 Å². The summed E-state index contributed by atoms with van der Waals surface area (Å²) < 4.78 is 0. The average Bonchev–Trinajstić information content (AvgIpc) is 2.71. The molecule has 0 saturated heterocycles. The van der Waals surface area contributed by atoms with Crippen molar-refractivity contribution in [3.63, 3.8) is 0 Å². The number of hydrogen-bond donors (Lipinski definition) is 0. The molecule has 0 saturated carbocycles. The second-order valence-corrected chi connectivity index (χ2v) is 9.97. The summed E-state index contributed by atoms with van der Waals surface area (Å²) in [6.45, 7) is 2.02. The van der Waals surface area contributed by atoms with Crippen molar-refractivity contribution in [2.24, 2.45) is 5.92 Å². The maximum absolute atomic E-state index is 9.31. The highest BCUT2D eigenvalue weighted by Gasteiger charge is 2.44. The molecular formula is C23H23BrNP. The molecular weight excluding hydrogens is 401 g/mol. The highest BCUT2D eigenvalue weighted by Crippen LogP contribution is 2.56. The summed E-state index contributed by atoms with van der Waals surface area (Å²) >= 11 is 0. The van der Waals surface area contributed by atoms with Crippen LogP contribution in [0.4, 0.5) is 0 Å². The summed E-state index contributed by atoms with van der Waals surface area (Å²) in [6, 6.07) is 34.9. The zero-order valence-electron chi connectivity index (χ0n) is 14.9. The molecule has 1 unspecified atom stereocenters. The van der Waals surface area contributed by atoms with E-state index >= 15 is 0 Å². The van der Waals surface area contributed by atoms with Crippen molar-refractivity contribution in [3.05, 3.63) is 91.0 Å². The molecule has 0 aliphatic rings. The Labute approximate surface area is 167 Å². The monoisotopic (exact) mass is 423 g/mol. The van der Waals surface area contributed by atoms with Crippen molar-refractivity contribution in [2.45, 2.75) is 13.3 Å². The molecule has 3 heteroatoms. The maximum Gasteiger partial charge on any atom is 0.112 e. The molecule has 3 rings (SSSR count). The molecule has 1 nitrogen and oxygen atoms in total. The second-order valence-electron chi connectivity index (χ2n) is 6.36. The van der Waals surface area contributed by atoms with Gasteiger partial charge >= 0.3 is 0 Å². The molecule has 0 spiro atoms. The number of benzene rings is 3. The number of rotatable bonds is 6. The lowest BCUT2D eigenvalue weighted by Crippen LogP contribution is -3.00. The molecule has 0 amide bonds. The Kier molecular flexibility index (Phi) is 7.58. The molecule has 132 valence electrons. The molecule has 3 aromatic carbocycles. The summed E-state index contributed by atoms with van der Waals surface area (Å²) in [5.74, 6) is 0.0653. The highest BCUT2D eigenvalue weighted by atomic mass is 79.9. The van der Waals surface area contributed by atoms with Gasteiger partial charge in [0.25, 0.3) is 0 Å². The lowest BCUT2D eigenvalue weighted by atomic mass is 10.1. The first-order chi connectivity index (χ1) is 12.3. The molecule has 0 N–H and O–H groups in total. The van der Waals surface area contributed by atoms with Crippen LogP contribution < -0.4 is 32.9 Å². The Hall–Kier alpha value is -1.94. The quantitative estimate of drug-likeness (QED) is 0.551. The first-order valence-electron chi connectivity index (χ1n) is 8.72. The smallest absolute Gasteiger partial charge is 0.112 e. The van der Waals surface area contributed by atoms with Crippen LogP contribution in [-0.2, 0) is 0 Å². The van der Waals surface area contributed by atoms with Crippen LogP contribution in [0.25, 0.3) is 0 Å². The van der Waals surface area contributed by atoms with E-state index in [0.29, 0.717) is 0 Å². The van der Waals surface area contributed by atoms with E-state index in [0.717, 1.165) is 12.6 Å². The highest BCUT2D eigenvalue weighted by molar-refractivity contribution is 7.95. The fourth-order valence-electron chi connectivity index (χ4n) is 3.33. The number of hydrogen-bond acceptors (Lipinski definition) is 1. The van der Waals surface area contributed by atoms with Crippen LogP contribution in [-0.4, -0.2) is 6.16 Å². The van der Waals surface area contributed by atoms with Gasteiger partial charge in [0.2, 0.25) is 0 Å². The summed E-state index contributed by atoms with van der Waals surface area (Å²) in [7, 11) is -1.77. The summed E-state index contributed by atoms with van der Waals surface area (Å²) in [5.41, 5.74) is 0. The Morgan fingerprint density at radius 2 is 1.08 bits per heavy atom. The van der Waals surface area contributed by atoms with Crippen LogP contribution in [0.15, 0.2) is 91.0 Å². The fraction of sp³-hybridized carbons (Fsp3) is 0.174. The van der Waals surface area contributed by atoms with Gasteiger partial charge in [-0.05, 0) is 49.7 Å². The predicted molar refractivity (Wildman–Crippen MR) is 109 cm³/mol. The standard InChI is InChI=1S/C23H23NP.BrH/c1-20(19-24)17-18-25(21-11-5-2-6-12-21,22-13-7-3-8-14-22)23-15-9-4-10-16-23;/h2-16,20H,17-18H2,1H3;1H/q+1;/p-1. The third-order valence-electron chi connectivity index (χ3n) is 4.71. The zero-order chi connectivity index (χ0) is 17.5. The van der Waals surface area contributed by atoms with Crippen LogP contribution >= 0.6 is 7.26 Å². The molecule has 0 aliphatic heterocycles. The average molecular weight is 424 g/mol. The van der Waals surface area contributed by atoms with Crippen molar-refractivity contribution in [2.75, 3.05) is 6.16 Å². The van der Waals surface area contributed by atoms with Gasteiger partial charge in [-0.1, -0.05) is 54.6 Å². The van der Waals surface area contributed by atoms with E-state index in [9.17, 15) is 5.26 Å². The van der Waals surface area contributed by atoms with Crippen LogP contribution in [0.3, 0.4) is 0 Å². The van der Waals surface area contributed by atoms with Crippen molar-refractivity contribution >= 4 is 23.2 Å². The maximum atomic E-state index is 9.31. The van der Waals surface area contributed by atoms with Gasteiger partial charge in [-0.3, -0.25) is 0 Å². The van der Waals surface area contributed by atoms with Crippen molar-refractivity contribution < 1.29 is 17.0 Å². The lowest BCUT2D eigenvalue weighted by molar-refractivity contribution is -0.00000519. The summed E-state index contributed by atoms with van der Waals surface area (Å²) in [5, 5.41) is 13.5. The molecule has 0 heterocycles. The summed E-state index contributed by atoms with van der Waals surface area (Å²) in [4.78, 5) is 0. The van der Waals surface area contributed by atoms with E-state index in [1.807, 2.05) is 6.92 Å². The molecule has 3 aromatic rings. The van der Waals surface area contributed by atoms with E-state index in [1.54, 1.807) is 0 Å². The van der Waals surface area contributed by atoms with E-state index in [1.165, 1.54) is 15.9 Å². The van der Waals surface area contributed by atoms with Crippen molar-refractivity contribution in [1.82, 2.24) is 0 Å². The Bertz CT molecular complexity index is 732. The third-order valence-corrected chi connectivity index (χ3v) is 9.18. The topological polar surface area (TPSA) is 23.8 Å². The largest absolute Gasteiger partial charge is 1.00 e. The second kappa shape index (κ2) is 9.67. The number of nitriles is 1. The van der Waals surface area contributed by atoms with Gasteiger partial charge in [0.15, 0.2) is 0 Å². The van der Waals surface area contributed by atoms with Crippen LogP contribution in [0.1, 0.15) is 13.3 Å². The minimum Gasteiger partial charge on any atom is -1.00 e. The summed E-state index contributed by atoms with van der Waals surface area (Å²) in [6.07, 6.45) is 1.92. The fourth-order valence-corrected chi connectivity index (χ4v) is 7.82. The Balaban J connectivity index is 0.00000243. The molecule has 1 atom stereocenters. The SMILES string of the molecule is CC(C#N)CC[P+](c1ccccc1)(c1ccccc1)c1ccccc1.[Br-]. The normalized spacial score (nSPS) is 11.8. The minimum absolute atomic E-state index is 0. The molecule has 0 bridgehead atoms. The van der Waals surface area contributed by atoms with Crippen molar-refractivity contribution in [1.29, 1.82) is 5.26 Å². The van der Waals surface area contributed by atoms with E-state index in [4.69, 9.17) is 0 Å². The Morgan fingerprint density at radius 1 is 0.731 bits per heavy atom. The lowest BCUT2D eigenvalue weighted by Gasteiger charge is -2.28. The van der Waals surface area contributed by atoms with Gasteiger partial charge in [-0.2, -0.15) is 5.26 Å². The van der Waals surface area contributed by atoms with Crippen LogP contribution in [0.5, 0.6) is 0 Å². The first-order valence-corrected chi connectivity index (χ1v) is 10.7. The van der Waals surface area contributed by atoms with Gasteiger partial charge in [0.05, 0.1) is 12.2 Å². The van der Waals surface area contributed by atoms with Crippen LogP contribution in [0, 0.1) is 17.2 Å². The Morgan fingerprint density at radius 3 is 1.38 bits per heavy atom. The van der Waals surface area contributed by atoms with E-state index in [-0.39, 0.29) is 22.9 Å². The van der Waals surface area contributed by atoms with Gasteiger partial charge in [0, 0.05) is 5.92 Å². The molecule has 0 aromatic heterocycles. The van der Waals surface area contributed by atoms with Crippen LogP contribution in [0.2, 0.25) is 0 Å². The van der Waals surface area contributed by atoms with E-state index in [2.05, 4.69) is 97.1 Å². The van der Waals surface area contributed by atoms with Gasteiger partial charge in [0.1, 0.15) is 23.2 Å². The third kappa shape index (κ3) is 4.24. The molecule has 0 radical (unpaired) electrons. The predicted octanol–water partition coefficient (Wildman–Crippen LogP) is 1.53. The minimum atomic E-state index is -1.77. The van der Waals surface area contributed by atoms with E-state index < -0.39 is 7.26 Å². The first kappa shape index (κ1) is 20.4. The number of nitrogens with zero attached hydrogens (tertiary/aromatic N) is 1. The molecule has 0 aliphatic carbocycles. The van der Waals surface area contributed by atoms with Gasteiger partial charge in [-0.25, -0.2) is 0 Å². The number of halogens is 1. The molecule has 0 fully saturated rings. The van der Waals surface area contributed by atoms with Gasteiger partial charge in [-0.15, -0.1) is 0 Å². The molecule has 26 heavy (non-hydrogen) atoms. The van der Waals surface area contributed by atoms with Crippen molar-refractivity contribution in [3.8, 4) is 6.07 Å². The zero-order valence-corrected chi connectivity index (χ0v) is 17.4.